The van der Waals surface area contributed by atoms with Crippen molar-refractivity contribution in [3.05, 3.63) is 167 Å². The molecule has 0 aliphatic heterocycles. The van der Waals surface area contributed by atoms with Gasteiger partial charge in [0.1, 0.15) is 41.1 Å². The molecule has 2 amide bonds. The summed E-state index contributed by atoms with van der Waals surface area (Å²) in [7, 11) is 6.39. The molecule has 0 heterocycles. The molecule has 0 fully saturated rings. The van der Waals surface area contributed by atoms with Gasteiger partial charge in [0.05, 0.1) is 59.8 Å². The number of benzene rings is 6. The van der Waals surface area contributed by atoms with Crippen LogP contribution < -0.4 is 50.5 Å². The van der Waals surface area contributed by atoms with Crippen LogP contribution in [0.3, 0.4) is 0 Å². The van der Waals surface area contributed by atoms with Gasteiger partial charge >= 0.3 is 6.09 Å². The minimum atomic E-state index is -0.606. The number of amides is 2. The lowest BCUT2D eigenvalue weighted by Gasteiger charge is -2.24. The zero-order valence-corrected chi connectivity index (χ0v) is 39.8. The molecule has 0 saturated carbocycles. The first kappa shape index (κ1) is 50.2. The molecule has 3 unspecified atom stereocenters. The smallest absolute Gasteiger partial charge is 0.407 e. The summed E-state index contributed by atoms with van der Waals surface area (Å²) < 4.78 is 38.9. The number of carbonyl (C=O) groups is 2. The Morgan fingerprint density at radius 2 is 1.03 bits per heavy atom. The number of fused-ring (bicyclic) bond motifs is 3. The Hall–Kier alpha value is -7.22. The van der Waals surface area contributed by atoms with Gasteiger partial charge in [0, 0.05) is 29.2 Å². The molecule has 68 heavy (non-hydrogen) atoms. The Morgan fingerprint density at radius 3 is 1.47 bits per heavy atom. The summed E-state index contributed by atoms with van der Waals surface area (Å²) >= 11 is 0. The van der Waals surface area contributed by atoms with Crippen molar-refractivity contribution in [2.24, 2.45) is 11.5 Å². The predicted octanol–water partition coefficient (Wildman–Crippen LogP) is 9.49. The quantitative estimate of drug-likeness (QED) is 0.0506. The van der Waals surface area contributed by atoms with Crippen molar-refractivity contribution in [1.29, 1.82) is 0 Å². The molecule has 0 aromatic heterocycles. The van der Waals surface area contributed by atoms with Gasteiger partial charge in [-0.15, -0.1) is 0 Å². The third kappa shape index (κ3) is 12.6. The second-order valence-corrected chi connectivity index (χ2v) is 16.0. The zero-order valence-electron chi connectivity index (χ0n) is 39.8. The van der Waals surface area contributed by atoms with Crippen LogP contribution in [-0.2, 0) is 9.53 Å². The van der Waals surface area contributed by atoms with Crippen molar-refractivity contribution in [3.8, 4) is 45.6 Å². The Labute approximate surface area is 400 Å². The summed E-state index contributed by atoms with van der Waals surface area (Å²) in [4.78, 5) is 26.1. The fourth-order valence-corrected chi connectivity index (χ4v) is 8.29. The molecule has 0 saturated heterocycles. The average Bonchev–Trinajstić information content (AvgIpc) is 3.70. The average molecular weight is 925 g/mol. The van der Waals surface area contributed by atoms with Gasteiger partial charge < -0.3 is 55.3 Å². The van der Waals surface area contributed by atoms with Crippen LogP contribution in [0.5, 0.6) is 34.5 Å². The minimum Gasteiger partial charge on any atom is -0.497 e. The Balaban J connectivity index is 0.000000231. The van der Waals surface area contributed by atoms with Crippen molar-refractivity contribution >= 4 is 12.0 Å². The molecule has 7 rings (SSSR count). The number of methoxy groups -OCH3 is 4. The predicted molar refractivity (Wildman–Crippen MR) is 265 cm³/mol. The lowest BCUT2D eigenvalue weighted by atomic mass is 9.96. The van der Waals surface area contributed by atoms with Crippen LogP contribution in [0, 0.1) is 0 Å². The highest BCUT2D eigenvalue weighted by molar-refractivity contribution is 5.82. The van der Waals surface area contributed by atoms with E-state index in [0.717, 1.165) is 46.6 Å². The maximum Gasteiger partial charge on any atom is 0.407 e. The van der Waals surface area contributed by atoms with Crippen LogP contribution in [0.25, 0.3) is 11.1 Å². The van der Waals surface area contributed by atoms with Crippen LogP contribution in [0.15, 0.2) is 133 Å². The van der Waals surface area contributed by atoms with E-state index in [-0.39, 0.29) is 18.4 Å². The molecule has 6 aromatic rings. The van der Waals surface area contributed by atoms with Crippen LogP contribution in [0.4, 0.5) is 4.79 Å². The van der Waals surface area contributed by atoms with Crippen LogP contribution >= 0.6 is 0 Å². The van der Waals surface area contributed by atoms with Crippen LogP contribution in [0.1, 0.15) is 84.5 Å². The topological polar surface area (TPSA) is 175 Å². The van der Waals surface area contributed by atoms with Gasteiger partial charge in [0.15, 0.2) is 0 Å². The summed E-state index contributed by atoms with van der Waals surface area (Å²) in [5.74, 6) is 3.84. The van der Waals surface area contributed by atoms with Gasteiger partial charge in [-0.05, 0) is 115 Å². The summed E-state index contributed by atoms with van der Waals surface area (Å²) in [5.41, 5.74) is 19.7. The van der Waals surface area contributed by atoms with E-state index in [4.69, 9.17) is 44.6 Å². The standard InChI is InChI=1S/C32H31NO5.C23H33N3O4/c1-4-37-22-15-13-21(14-16-22)31(28-18-17-23(35-2)19-30(28)36-3)33-32(34)38-20-29-26-11-7-5-9-24(26)25-10-6-8-12-27(25)29;1-4-30-17-10-8-16(9-11-17)22(26-23(27)20(25)7-5-6-14-24)19-13-12-18(28-2)15-21(19)29-3/h5-19,29,31H,4,20H2,1-3H3,(H,33,34);8-13,15,20,22H,4-7,14,24-25H2,1-3H3,(H,26,27). The van der Waals surface area contributed by atoms with E-state index in [9.17, 15) is 9.59 Å². The number of nitrogens with one attached hydrogen (secondary N) is 2. The van der Waals surface area contributed by atoms with E-state index in [1.807, 2.05) is 111 Å². The highest BCUT2D eigenvalue weighted by atomic mass is 16.5. The Morgan fingerprint density at radius 1 is 0.574 bits per heavy atom. The number of carbonyl (C=O) groups excluding carboxylic acids is 2. The number of alkyl carbamates (subject to hydrolysis) is 1. The molecule has 3 atom stereocenters. The summed E-state index contributed by atoms with van der Waals surface area (Å²) in [6.45, 7) is 5.86. The van der Waals surface area contributed by atoms with Crippen molar-refractivity contribution in [1.82, 2.24) is 10.6 Å². The first-order valence-corrected chi connectivity index (χ1v) is 22.9. The molecule has 6 aromatic carbocycles. The molecule has 0 radical (unpaired) electrons. The zero-order chi connectivity index (χ0) is 48.4. The fourth-order valence-electron chi connectivity index (χ4n) is 8.29. The monoisotopic (exact) mass is 924 g/mol. The van der Waals surface area contributed by atoms with Crippen LogP contribution in [-0.4, -0.2) is 72.8 Å². The molecule has 13 heteroatoms. The van der Waals surface area contributed by atoms with E-state index < -0.39 is 24.2 Å². The Bertz CT molecular complexity index is 2510. The third-order valence-corrected chi connectivity index (χ3v) is 11.8. The van der Waals surface area contributed by atoms with Gasteiger partial charge in [-0.2, -0.15) is 0 Å². The van der Waals surface area contributed by atoms with E-state index in [2.05, 4.69) is 34.9 Å². The van der Waals surface area contributed by atoms with Gasteiger partial charge in [-0.1, -0.05) is 79.2 Å². The number of hydrogen-bond donors (Lipinski definition) is 4. The molecule has 6 N–H and O–H groups in total. The van der Waals surface area contributed by atoms with Gasteiger partial charge in [-0.3, -0.25) is 4.79 Å². The van der Waals surface area contributed by atoms with Gasteiger partial charge in [-0.25, -0.2) is 4.79 Å². The number of ether oxygens (including phenoxy) is 7. The van der Waals surface area contributed by atoms with Crippen LogP contribution in [0.2, 0.25) is 0 Å². The highest BCUT2D eigenvalue weighted by Gasteiger charge is 2.30. The molecular weight excluding hydrogens is 861 g/mol. The van der Waals surface area contributed by atoms with E-state index in [0.29, 0.717) is 49.2 Å². The van der Waals surface area contributed by atoms with Crippen molar-refractivity contribution in [3.63, 3.8) is 0 Å². The lowest BCUT2D eigenvalue weighted by molar-refractivity contribution is -0.123. The number of rotatable bonds is 21. The van der Waals surface area contributed by atoms with Crippen molar-refractivity contribution in [2.45, 2.75) is 57.2 Å². The normalized spacial score (nSPS) is 12.7. The summed E-state index contributed by atoms with van der Waals surface area (Å²) in [5, 5.41) is 6.15. The van der Waals surface area contributed by atoms with Crippen molar-refractivity contribution < 1.29 is 42.7 Å². The number of hydrogen-bond acceptors (Lipinski definition) is 11. The maximum absolute atomic E-state index is 13.2. The minimum absolute atomic E-state index is 0.0207. The Kier molecular flexibility index (Phi) is 18.5. The third-order valence-electron chi connectivity index (χ3n) is 11.8. The second-order valence-electron chi connectivity index (χ2n) is 16.0. The van der Waals surface area contributed by atoms with E-state index in [1.165, 1.54) is 22.3 Å². The molecule has 0 spiro atoms. The number of nitrogens with two attached hydrogens (primary N) is 2. The molecule has 1 aliphatic carbocycles. The first-order valence-electron chi connectivity index (χ1n) is 22.9. The SMILES string of the molecule is CCOc1ccc(C(NC(=O)C(N)CCCCN)c2ccc(OC)cc2OC)cc1.CCOc1ccc(C(NC(=O)OCC2c3ccccc3-c3ccccc32)c2ccc(OC)cc2OC)cc1. The lowest BCUT2D eigenvalue weighted by Crippen LogP contribution is -2.42. The van der Waals surface area contributed by atoms with Gasteiger partial charge in [0.25, 0.3) is 0 Å². The van der Waals surface area contributed by atoms with Gasteiger partial charge in [0.2, 0.25) is 5.91 Å². The molecule has 0 bridgehead atoms. The second kappa shape index (κ2) is 25.1. The largest absolute Gasteiger partial charge is 0.497 e. The molecule has 13 nitrogen and oxygen atoms in total. The molecule has 1 aliphatic rings. The van der Waals surface area contributed by atoms with Crippen molar-refractivity contribution in [2.75, 3.05) is 54.8 Å². The van der Waals surface area contributed by atoms with E-state index in [1.54, 1.807) is 40.6 Å². The summed E-state index contributed by atoms with van der Waals surface area (Å²) in [6, 6.07) is 41.3. The number of unbranched alkanes of at least 4 members (excludes halogenated alkanes) is 1. The fraction of sp³-hybridized carbons (Fsp3) is 0.309. The maximum atomic E-state index is 13.2. The highest BCUT2D eigenvalue weighted by Crippen LogP contribution is 2.45. The first-order chi connectivity index (χ1) is 33.2. The summed E-state index contributed by atoms with van der Waals surface area (Å²) in [6.07, 6.45) is 1.72. The van der Waals surface area contributed by atoms with E-state index >= 15 is 0 Å². The molecular formula is C55H64N4O9. The molecule has 358 valence electrons.